The van der Waals surface area contributed by atoms with E-state index in [0.29, 0.717) is 5.69 Å². The number of aromatic hydroxyl groups is 1. The van der Waals surface area contributed by atoms with Gasteiger partial charge in [0.05, 0.1) is 5.41 Å². The molecule has 104 valence electrons. The van der Waals surface area contributed by atoms with Crippen LogP contribution in [0, 0.1) is 5.41 Å². The molecule has 0 heterocycles. The Morgan fingerprint density at radius 3 is 2.42 bits per heavy atom. The molecule has 0 aliphatic heterocycles. The number of phenols is 1. The molecule has 0 spiro atoms. The molecule has 0 radical (unpaired) electrons. The quantitative estimate of drug-likeness (QED) is 0.491. The number of carbonyl (C=O) groups is 2. The zero-order valence-corrected chi connectivity index (χ0v) is 11.1. The van der Waals surface area contributed by atoms with Crippen molar-refractivity contribution in [3.63, 3.8) is 0 Å². The van der Waals surface area contributed by atoms with E-state index in [4.69, 9.17) is 15.2 Å². The molecule has 0 atom stereocenters. The van der Waals surface area contributed by atoms with Gasteiger partial charge in [-0.1, -0.05) is 0 Å². The number of carbonyl (C=O) groups excluding carboxylic acids is 2. The van der Waals surface area contributed by atoms with Gasteiger partial charge in [-0.2, -0.15) is 0 Å². The first-order valence-electron chi connectivity index (χ1n) is 5.64. The van der Waals surface area contributed by atoms with Gasteiger partial charge >= 0.3 is 11.9 Å². The smallest absolute Gasteiger partial charge is 0.344 e. The van der Waals surface area contributed by atoms with Crippen molar-refractivity contribution in [1.29, 1.82) is 0 Å². The summed E-state index contributed by atoms with van der Waals surface area (Å²) in [7, 11) is 0. The summed E-state index contributed by atoms with van der Waals surface area (Å²) in [5, 5.41) is 9.51. The van der Waals surface area contributed by atoms with Gasteiger partial charge in [-0.15, -0.1) is 0 Å². The van der Waals surface area contributed by atoms with Crippen molar-refractivity contribution in [2.75, 3.05) is 12.5 Å². The predicted octanol–water partition coefficient (Wildman–Crippen LogP) is 1.68. The fourth-order valence-corrected chi connectivity index (χ4v) is 1.15. The van der Waals surface area contributed by atoms with E-state index in [0.717, 1.165) is 0 Å². The van der Waals surface area contributed by atoms with Crippen LogP contribution in [-0.4, -0.2) is 23.8 Å². The van der Waals surface area contributed by atoms with E-state index >= 15 is 0 Å². The van der Waals surface area contributed by atoms with E-state index in [2.05, 4.69) is 0 Å². The lowest BCUT2D eigenvalue weighted by atomic mass is 9.98. The van der Waals surface area contributed by atoms with Gasteiger partial charge in [-0.05, 0) is 32.9 Å². The van der Waals surface area contributed by atoms with E-state index in [1.165, 1.54) is 18.2 Å². The van der Waals surface area contributed by atoms with Crippen LogP contribution in [0.15, 0.2) is 18.2 Å². The highest BCUT2D eigenvalue weighted by molar-refractivity contribution is 5.93. The second-order valence-electron chi connectivity index (χ2n) is 5.01. The van der Waals surface area contributed by atoms with E-state index in [9.17, 15) is 14.7 Å². The minimum absolute atomic E-state index is 0.0407. The number of ether oxygens (including phenoxy) is 2. The van der Waals surface area contributed by atoms with Crippen molar-refractivity contribution < 1.29 is 24.2 Å². The topological polar surface area (TPSA) is 98.9 Å². The van der Waals surface area contributed by atoms with Crippen LogP contribution in [0.25, 0.3) is 0 Å². The molecular formula is C13H17NO5. The number of nitrogen functional groups attached to an aromatic ring is 1. The number of hydrogen-bond donors (Lipinski definition) is 2. The molecule has 6 heteroatoms. The van der Waals surface area contributed by atoms with Crippen LogP contribution in [0.3, 0.4) is 0 Å². The van der Waals surface area contributed by atoms with Crippen LogP contribution < -0.4 is 5.73 Å². The number of benzene rings is 1. The molecule has 0 aliphatic carbocycles. The first-order chi connectivity index (χ1) is 8.71. The second-order valence-corrected chi connectivity index (χ2v) is 5.01. The van der Waals surface area contributed by atoms with Gasteiger partial charge in [0.1, 0.15) is 11.3 Å². The Bertz CT molecular complexity index is 490. The highest BCUT2D eigenvalue weighted by atomic mass is 16.7. The Labute approximate surface area is 111 Å². The number of anilines is 1. The van der Waals surface area contributed by atoms with E-state index in [1.54, 1.807) is 20.8 Å². The van der Waals surface area contributed by atoms with E-state index in [1.807, 2.05) is 0 Å². The molecule has 6 nitrogen and oxygen atoms in total. The Morgan fingerprint density at radius 1 is 1.26 bits per heavy atom. The lowest BCUT2D eigenvalue weighted by molar-refractivity contribution is -0.161. The molecule has 0 fully saturated rings. The highest BCUT2D eigenvalue weighted by Crippen LogP contribution is 2.21. The summed E-state index contributed by atoms with van der Waals surface area (Å²) in [6.07, 6.45) is 0. The van der Waals surface area contributed by atoms with Crippen molar-refractivity contribution in [1.82, 2.24) is 0 Å². The van der Waals surface area contributed by atoms with Crippen molar-refractivity contribution in [2.45, 2.75) is 20.8 Å². The SMILES string of the molecule is CC(C)(C)C(=O)OCOC(=O)c1ccc(N)cc1O. The minimum atomic E-state index is -0.792. The standard InChI is InChI=1S/C13H17NO5/c1-13(2,3)12(17)19-7-18-11(16)9-5-4-8(14)6-10(9)15/h4-6,15H,7,14H2,1-3H3. The number of nitrogens with two attached hydrogens (primary N) is 1. The molecule has 0 saturated carbocycles. The van der Waals surface area contributed by atoms with Crippen LogP contribution in [0.5, 0.6) is 5.75 Å². The lowest BCUT2D eigenvalue weighted by Gasteiger charge is -2.16. The molecule has 3 N–H and O–H groups in total. The van der Waals surface area contributed by atoms with Crippen LogP contribution in [0.1, 0.15) is 31.1 Å². The Kier molecular flexibility index (Phi) is 4.37. The lowest BCUT2D eigenvalue weighted by Crippen LogP contribution is -2.24. The van der Waals surface area contributed by atoms with Crippen LogP contribution in [0.4, 0.5) is 5.69 Å². The molecule has 0 saturated heterocycles. The maximum Gasteiger partial charge on any atom is 0.344 e. The Balaban J connectivity index is 2.55. The molecule has 0 aromatic heterocycles. The summed E-state index contributed by atoms with van der Waals surface area (Å²) in [6.45, 7) is 4.55. The molecule has 0 bridgehead atoms. The van der Waals surface area contributed by atoms with Gasteiger partial charge in [-0.3, -0.25) is 4.79 Å². The number of rotatable bonds is 3. The summed E-state index contributed by atoms with van der Waals surface area (Å²) in [4.78, 5) is 23.0. The second kappa shape index (κ2) is 5.60. The summed E-state index contributed by atoms with van der Waals surface area (Å²) in [5.74, 6) is -1.56. The summed E-state index contributed by atoms with van der Waals surface area (Å²) < 4.78 is 9.51. The molecule has 19 heavy (non-hydrogen) atoms. The van der Waals surface area contributed by atoms with E-state index < -0.39 is 24.1 Å². The largest absolute Gasteiger partial charge is 0.507 e. The normalized spacial score (nSPS) is 10.9. The summed E-state index contributed by atoms with van der Waals surface area (Å²) in [5.41, 5.74) is 5.05. The van der Waals surface area contributed by atoms with Crippen molar-refractivity contribution in [3.8, 4) is 5.75 Å². The van der Waals surface area contributed by atoms with Gasteiger partial charge in [0, 0.05) is 11.8 Å². The van der Waals surface area contributed by atoms with Crippen LogP contribution >= 0.6 is 0 Å². The zero-order valence-electron chi connectivity index (χ0n) is 11.1. The third kappa shape index (κ3) is 4.17. The third-order valence-corrected chi connectivity index (χ3v) is 2.23. The number of esters is 2. The van der Waals surface area contributed by atoms with Gasteiger partial charge in [-0.25, -0.2) is 4.79 Å². The molecular weight excluding hydrogens is 250 g/mol. The van der Waals surface area contributed by atoms with Crippen molar-refractivity contribution >= 4 is 17.6 Å². The molecule has 1 rings (SSSR count). The van der Waals surface area contributed by atoms with Gasteiger partial charge in [0.25, 0.3) is 0 Å². The molecule has 0 amide bonds. The highest BCUT2D eigenvalue weighted by Gasteiger charge is 2.23. The maximum absolute atomic E-state index is 11.6. The Morgan fingerprint density at radius 2 is 1.89 bits per heavy atom. The fourth-order valence-electron chi connectivity index (χ4n) is 1.15. The summed E-state index contributed by atoms with van der Waals surface area (Å²) in [6, 6.07) is 4.02. The zero-order chi connectivity index (χ0) is 14.6. The molecule has 1 aromatic rings. The summed E-state index contributed by atoms with van der Waals surface area (Å²) >= 11 is 0. The average molecular weight is 267 g/mol. The van der Waals surface area contributed by atoms with Gasteiger partial charge in [0.15, 0.2) is 0 Å². The van der Waals surface area contributed by atoms with Crippen LogP contribution in [-0.2, 0) is 14.3 Å². The monoisotopic (exact) mass is 267 g/mol. The molecule has 0 unspecified atom stereocenters. The minimum Gasteiger partial charge on any atom is -0.507 e. The van der Waals surface area contributed by atoms with E-state index in [-0.39, 0.29) is 11.3 Å². The van der Waals surface area contributed by atoms with Crippen molar-refractivity contribution in [3.05, 3.63) is 23.8 Å². The number of phenolic OH excluding ortho intramolecular Hbond substituents is 1. The predicted molar refractivity (Wildman–Crippen MR) is 68.3 cm³/mol. The first-order valence-corrected chi connectivity index (χ1v) is 5.64. The number of hydrogen-bond acceptors (Lipinski definition) is 6. The van der Waals surface area contributed by atoms with Crippen LogP contribution in [0.2, 0.25) is 0 Å². The third-order valence-electron chi connectivity index (χ3n) is 2.23. The van der Waals surface area contributed by atoms with Crippen molar-refractivity contribution in [2.24, 2.45) is 5.41 Å². The maximum atomic E-state index is 11.6. The van der Waals surface area contributed by atoms with Gasteiger partial charge < -0.3 is 20.3 Å². The first kappa shape index (κ1) is 14.8. The molecule has 1 aromatic carbocycles. The fraction of sp³-hybridized carbons (Fsp3) is 0.385. The van der Waals surface area contributed by atoms with Gasteiger partial charge in [0.2, 0.25) is 6.79 Å². The Hall–Kier alpha value is -2.24. The average Bonchev–Trinajstić information content (AvgIpc) is 2.27. The molecule has 0 aliphatic rings.